The van der Waals surface area contributed by atoms with Crippen LogP contribution >= 0.6 is 0 Å². The molecule has 1 saturated heterocycles. The molecule has 1 aliphatic rings. The second-order valence-electron chi connectivity index (χ2n) is 4.29. The van der Waals surface area contributed by atoms with Crippen molar-refractivity contribution in [3.05, 3.63) is 24.3 Å². The van der Waals surface area contributed by atoms with Crippen molar-refractivity contribution >= 4 is 10.0 Å². The third kappa shape index (κ3) is 3.90. The number of hydrogen-bond acceptors (Lipinski definition) is 5. The van der Waals surface area contributed by atoms with Crippen molar-refractivity contribution in [3.8, 4) is 5.75 Å². The second kappa shape index (κ2) is 6.33. The minimum atomic E-state index is -3.49. The number of nitrogens with two attached hydrogens (primary N) is 1. The maximum atomic E-state index is 12.1. The number of benzene rings is 1. The molecule has 1 unspecified atom stereocenters. The summed E-state index contributed by atoms with van der Waals surface area (Å²) >= 11 is 0. The van der Waals surface area contributed by atoms with Crippen LogP contribution < -0.4 is 15.2 Å². The fourth-order valence-corrected chi connectivity index (χ4v) is 3.06. The van der Waals surface area contributed by atoms with Crippen molar-refractivity contribution in [1.82, 2.24) is 4.72 Å². The summed E-state index contributed by atoms with van der Waals surface area (Å²) in [6, 6.07) is 6.14. The lowest BCUT2D eigenvalue weighted by Crippen LogP contribution is -2.34. The highest BCUT2D eigenvalue weighted by molar-refractivity contribution is 7.89. The molecular weight excluding hydrogens is 268 g/mol. The van der Waals surface area contributed by atoms with Gasteiger partial charge in [0.2, 0.25) is 10.0 Å². The first kappa shape index (κ1) is 14.3. The van der Waals surface area contributed by atoms with Gasteiger partial charge < -0.3 is 15.2 Å². The molecule has 1 heterocycles. The number of nitrogens with one attached hydrogen (secondary N) is 1. The average molecular weight is 286 g/mol. The molecule has 0 spiro atoms. The van der Waals surface area contributed by atoms with E-state index in [2.05, 4.69) is 4.72 Å². The van der Waals surface area contributed by atoms with Crippen LogP contribution in [0.4, 0.5) is 0 Å². The van der Waals surface area contributed by atoms with Gasteiger partial charge in [-0.15, -0.1) is 0 Å². The third-order valence-corrected chi connectivity index (χ3v) is 4.31. The molecular formula is C12H18N2O4S. The lowest BCUT2D eigenvalue weighted by Gasteiger charge is -2.12. The van der Waals surface area contributed by atoms with E-state index in [1.165, 1.54) is 12.1 Å². The van der Waals surface area contributed by atoms with Crippen LogP contribution in [0.2, 0.25) is 0 Å². The van der Waals surface area contributed by atoms with Gasteiger partial charge in [-0.3, -0.25) is 0 Å². The van der Waals surface area contributed by atoms with Crippen molar-refractivity contribution in [2.24, 2.45) is 5.73 Å². The number of hydrogen-bond donors (Lipinski definition) is 2. The Kier molecular flexibility index (Phi) is 4.76. The molecule has 1 aromatic carbocycles. The van der Waals surface area contributed by atoms with Gasteiger partial charge in [-0.25, -0.2) is 13.1 Å². The zero-order chi connectivity index (χ0) is 13.7. The predicted octanol–water partition coefficient (Wildman–Crippen LogP) is 0.0913. The molecule has 1 aliphatic heterocycles. The van der Waals surface area contributed by atoms with E-state index in [4.69, 9.17) is 15.2 Å². The summed E-state index contributed by atoms with van der Waals surface area (Å²) in [5.41, 5.74) is 5.32. The van der Waals surface area contributed by atoms with Crippen LogP contribution in [0.3, 0.4) is 0 Å². The Morgan fingerprint density at radius 3 is 2.68 bits per heavy atom. The fourth-order valence-electron chi connectivity index (χ4n) is 1.81. The third-order valence-electron chi connectivity index (χ3n) is 2.77. The Morgan fingerprint density at radius 1 is 1.37 bits per heavy atom. The van der Waals surface area contributed by atoms with E-state index in [-0.39, 0.29) is 10.9 Å². The Labute approximate surface area is 112 Å². The molecule has 0 aromatic heterocycles. The van der Waals surface area contributed by atoms with Crippen LogP contribution in [0, 0.1) is 0 Å². The summed E-state index contributed by atoms with van der Waals surface area (Å²) in [4.78, 5) is 0.222. The lowest BCUT2D eigenvalue weighted by molar-refractivity contribution is 0.192. The van der Waals surface area contributed by atoms with Crippen molar-refractivity contribution in [2.45, 2.75) is 17.4 Å². The summed E-state index contributed by atoms with van der Waals surface area (Å²) in [6.45, 7) is 1.85. The number of ether oxygens (including phenoxy) is 2. The molecule has 106 valence electrons. The van der Waals surface area contributed by atoms with E-state index in [1.54, 1.807) is 12.1 Å². The second-order valence-corrected chi connectivity index (χ2v) is 6.00. The molecule has 1 fully saturated rings. The van der Waals surface area contributed by atoms with E-state index in [9.17, 15) is 8.42 Å². The van der Waals surface area contributed by atoms with Gasteiger partial charge in [0.1, 0.15) is 12.4 Å². The maximum Gasteiger partial charge on any atom is 0.240 e. The van der Waals surface area contributed by atoms with Crippen molar-refractivity contribution in [1.29, 1.82) is 0 Å². The van der Waals surface area contributed by atoms with Crippen LogP contribution in [-0.2, 0) is 14.8 Å². The minimum absolute atomic E-state index is 0.141. The monoisotopic (exact) mass is 286 g/mol. The molecule has 6 nitrogen and oxygen atoms in total. The van der Waals surface area contributed by atoms with Gasteiger partial charge in [-0.05, 0) is 30.7 Å². The molecule has 0 bridgehead atoms. The Balaban J connectivity index is 2.03. The number of sulfonamides is 1. The largest absolute Gasteiger partial charge is 0.492 e. The molecule has 2 rings (SSSR count). The average Bonchev–Trinajstić information content (AvgIpc) is 2.89. The number of rotatable bonds is 6. The Bertz CT molecular complexity index is 495. The van der Waals surface area contributed by atoms with Gasteiger partial charge in [0.25, 0.3) is 0 Å². The fraction of sp³-hybridized carbons (Fsp3) is 0.500. The first-order valence-electron chi connectivity index (χ1n) is 6.15. The van der Waals surface area contributed by atoms with Gasteiger partial charge in [-0.2, -0.15) is 0 Å². The van der Waals surface area contributed by atoms with Crippen molar-refractivity contribution in [2.75, 3.05) is 26.4 Å². The van der Waals surface area contributed by atoms with Crippen LogP contribution in [0.5, 0.6) is 5.75 Å². The molecule has 3 N–H and O–H groups in total. The van der Waals surface area contributed by atoms with Crippen molar-refractivity contribution in [3.63, 3.8) is 0 Å². The van der Waals surface area contributed by atoms with Crippen molar-refractivity contribution < 1.29 is 17.9 Å². The highest BCUT2D eigenvalue weighted by Gasteiger charge is 2.23. The molecule has 1 aromatic rings. The van der Waals surface area contributed by atoms with E-state index in [1.807, 2.05) is 0 Å². The van der Waals surface area contributed by atoms with Crippen LogP contribution in [0.1, 0.15) is 6.42 Å². The van der Waals surface area contributed by atoms with Gasteiger partial charge >= 0.3 is 0 Å². The highest BCUT2D eigenvalue weighted by atomic mass is 32.2. The van der Waals surface area contributed by atoms with Gasteiger partial charge in [0, 0.05) is 19.2 Å². The maximum absolute atomic E-state index is 12.1. The molecule has 0 saturated carbocycles. The Morgan fingerprint density at radius 2 is 2.11 bits per heavy atom. The summed E-state index contributed by atoms with van der Waals surface area (Å²) in [5, 5.41) is 0. The quantitative estimate of drug-likeness (QED) is 0.773. The lowest BCUT2D eigenvalue weighted by atomic mass is 10.3. The molecule has 19 heavy (non-hydrogen) atoms. The summed E-state index contributed by atoms with van der Waals surface area (Å²) in [7, 11) is -3.49. The van der Waals surface area contributed by atoms with E-state index in [0.717, 1.165) is 0 Å². The van der Waals surface area contributed by atoms with Gasteiger partial charge in [0.15, 0.2) is 0 Å². The topological polar surface area (TPSA) is 90.7 Å². The van der Waals surface area contributed by atoms with Gasteiger partial charge in [0.05, 0.1) is 11.5 Å². The zero-order valence-corrected chi connectivity index (χ0v) is 11.4. The highest BCUT2D eigenvalue weighted by Crippen LogP contribution is 2.17. The first-order chi connectivity index (χ1) is 9.12. The zero-order valence-electron chi connectivity index (χ0n) is 10.5. The van der Waals surface area contributed by atoms with Crippen LogP contribution in [-0.4, -0.2) is 40.8 Å². The van der Waals surface area contributed by atoms with Crippen LogP contribution in [0.25, 0.3) is 0 Å². The van der Waals surface area contributed by atoms with E-state index in [0.29, 0.717) is 38.5 Å². The first-order valence-corrected chi connectivity index (χ1v) is 7.63. The normalized spacial score (nSPS) is 19.5. The summed E-state index contributed by atoms with van der Waals surface area (Å²) < 4.78 is 37.2. The van der Waals surface area contributed by atoms with Crippen LogP contribution in [0.15, 0.2) is 29.2 Å². The summed E-state index contributed by atoms with van der Waals surface area (Å²) in [5.74, 6) is 0.605. The smallest absolute Gasteiger partial charge is 0.240 e. The van der Waals surface area contributed by atoms with E-state index >= 15 is 0 Å². The molecule has 7 heteroatoms. The SMILES string of the molecule is NCCOc1ccc(S(=O)(=O)NC2CCOC2)cc1. The molecule has 0 amide bonds. The minimum Gasteiger partial charge on any atom is -0.492 e. The standard InChI is InChI=1S/C12H18N2O4S/c13-6-8-18-11-1-3-12(4-2-11)19(15,16)14-10-5-7-17-9-10/h1-4,10,14H,5-9,13H2. The molecule has 0 aliphatic carbocycles. The summed E-state index contributed by atoms with van der Waals surface area (Å²) in [6.07, 6.45) is 0.705. The van der Waals surface area contributed by atoms with Gasteiger partial charge in [-0.1, -0.05) is 0 Å². The Hall–Kier alpha value is -1.15. The molecule has 1 atom stereocenters. The predicted molar refractivity (Wildman–Crippen MR) is 70.5 cm³/mol. The molecule has 0 radical (unpaired) electrons. The van der Waals surface area contributed by atoms with E-state index < -0.39 is 10.0 Å².